The summed E-state index contributed by atoms with van der Waals surface area (Å²) in [5, 5.41) is 0. The van der Waals surface area contributed by atoms with E-state index in [1.54, 1.807) is 24.5 Å². The van der Waals surface area contributed by atoms with Crippen molar-refractivity contribution in [2.45, 2.75) is 0 Å². The van der Waals surface area contributed by atoms with Crippen molar-refractivity contribution in [1.29, 1.82) is 0 Å². The maximum absolute atomic E-state index is 12.1. The Morgan fingerprint density at radius 3 is 2.47 bits per heavy atom. The van der Waals surface area contributed by atoms with Gasteiger partial charge in [-0.25, -0.2) is 0 Å². The summed E-state index contributed by atoms with van der Waals surface area (Å²) < 4.78 is 0. The van der Waals surface area contributed by atoms with Gasteiger partial charge in [-0.2, -0.15) is 0 Å². The molecule has 1 aliphatic heterocycles. The fourth-order valence-electron chi connectivity index (χ4n) is 2.03. The lowest BCUT2D eigenvalue weighted by molar-refractivity contribution is 0.0641. The van der Waals surface area contributed by atoms with E-state index < -0.39 is 0 Å². The Morgan fingerprint density at radius 1 is 1.24 bits per heavy atom. The van der Waals surface area contributed by atoms with Crippen LogP contribution in [-0.4, -0.2) is 60.0 Å². The third-order valence-corrected chi connectivity index (χ3v) is 3.03. The monoisotopic (exact) mass is 234 g/mol. The highest BCUT2D eigenvalue weighted by molar-refractivity contribution is 5.94. The van der Waals surface area contributed by atoms with Gasteiger partial charge in [0.15, 0.2) is 0 Å². The van der Waals surface area contributed by atoms with E-state index in [1.165, 1.54) is 0 Å². The lowest BCUT2D eigenvalue weighted by Crippen LogP contribution is -2.49. The molecule has 2 rings (SSSR count). The zero-order valence-corrected chi connectivity index (χ0v) is 9.88. The minimum atomic E-state index is 0.0970. The van der Waals surface area contributed by atoms with E-state index in [4.69, 9.17) is 5.73 Å². The topological polar surface area (TPSA) is 62.5 Å². The van der Waals surface area contributed by atoms with Gasteiger partial charge in [0.2, 0.25) is 0 Å². The van der Waals surface area contributed by atoms with E-state index in [1.807, 2.05) is 4.90 Å². The van der Waals surface area contributed by atoms with Crippen molar-refractivity contribution in [2.75, 3.05) is 39.3 Å². The van der Waals surface area contributed by atoms with Gasteiger partial charge in [0.25, 0.3) is 5.91 Å². The van der Waals surface area contributed by atoms with Gasteiger partial charge < -0.3 is 10.6 Å². The van der Waals surface area contributed by atoms with Crippen LogP contribution in [0, 0.1) is 0 Å². The Kier molecular flexibility index (Phi) is 4.06. The van der Waals surface area contributed by atoms with Crippen LogP contribution in [0.15, 0.2) is 24.5 Å². The van der Waals surface area contributed by atoms with E-state index in [0.717, 1.165) is 32.7 Å². The molecule has 1 amide bonds. The van der Waals surface area contributed by atoms with E-state index >= 15 is 0 Å². The zero-order chi connectivity index (χ0) is 12.1. The summed E-state index contributed by atoms with van der Waals surface area (Å²) in [6.45, 7) is 4.97. The number of hydrogen-bond donors (Lipinski definition) is 1. The molecule has 1 aliphatic rings. The highest BCUT2D eigenvalue weighted by atomic mass is 16.2. The molecule has 1 aromatic rings. The predicted octanol–water partition coefficient (Wildman–Crippen LogP) is -0.202. The molecule has 1 aromatic heterocycles. The van der Waals surface area contributed by atoms with Gasteiger partial charge in [-0.1, -0.05) is 0 Å². The number of piperazine rings is 1. The number of rotatable bonds is 3. The van der Waals surface area contributed by atoms with E-state index in [2.05, 4.69) is 9.88 Å². The second kappa shape index (κ2) is 5.75. The van der Waals surface area contributed by atoms with Crippen LogP contribution in [0.3, 0.4) is 0 Å². The smallest absolute Gasteiger partial charge is 0.254 e. The van der Waals surface area contributed by atoms with Gasteiger partial charge in [-0.15, -0.1) is 0 Å². The van der Waals surface area contributed by atoms with E-state index in [-0.39, 0.29) is 5.91 Å². The molecule has 92 valence electrons. The number of carbonyl (C=O) groups excluding carboxylic acids is 1. The first kappa shape index (κ1) is 12.0. The molecule has 0 unspecified atom stereocenters. The third kappa shape index (κ3) is 3.01. The molecule has 1 saturated heterocycles. The van der Waals surface area contributed by atoms with Crippen molar-refractivity contribution in [3.05, 3.63) is 30.1 Å². The normalized spacial score (nSPS) is 17.1. The Balaban J connectivity index is 1.91. The Bertz CT molecular complexity index is 360. The second-order valence-corrected chi connectivity index (χ2v) is 4.16. The number of hydrogen-bond acceptors (Lipinski definition) is 4. The molecule has 2 N–H and O–H groups in total. The number of aromatic nitrogens is 1. The van der Waals surface area contributed by atoms with Gasteiger partial charge in [-0.3, -0.25) is 14.7 Å². The third-order valence-electron chi connectivity index (χ3n) is 3.03. The Labute approximate surface area is 101 Å². The lowest BCUT2D eigenvalue weighted by Gasteiger charge is -2.34. The van der Waals surface area contributed by atoms with Gasteiger partial charge >= 0.3 is 0 Å². The molecule has 5 heteroatoms. The molecular formula is C12H18N4O. The number of carbonyl (C=O) groups is 1. The zero-order valence-electron chi connectivity index (χ0n) is 9.88. The van der Waals surface area contributed by atoms with Crippen LogP contribution in [0.2, 0.25) is 0 Å². The van der Waals surface area contributed by atoms with Gasteiger partial charge in [-0.05, 0) is 12.1 Å². The van der Waals surface area contributed by atoms with Crippen LogP contribution in [0.5, 0.6) is 0 Å². The largest absolute Gasteiger partial charge is 0.336 e. The van der Waals surface area contributed by atoms with Crippen molar-refractivity contribution in [3.63, 3.8) is 0 Å². The number of nitrogens with zero attached hydrogens (tertiary/aromatic N) is 3. The van der Waals surface area contributed by atoms with Crippen molar-refractivity contribution >= 4 is 5.91 Å². The van der Waals surface area contributed by atoms with Gasteiger partial charge in [0.05, 0.1) is 0 Å². The van der Waals surface area contributed by atoms with Crippen molar-refractivity contribution in [2.24, 2.45) is 5.73 Å². The van der Waals surface area contributed by atoms with Crippen LogP contribution in [-0.2, 0) is 0 Å². The van der Waals surface area contributed by atoms with E-state index in [9.17, 15) is 4.79 Å². The summed E-state index contributed by atoms with van der Waals surface area (Å²) in [4.78, 5) is 20.2. The Morgan fingerprint density at radius 2 is 1.88 bits per heavy atom. The average molecular weight is 234 g/mol. The van der Waals surface area contributed by atoms with Crippen LogP contribution < -0.4 is 5.73 Å². The first-order valence-corrected chi connectivity index (χ1v) is 5.93. The average Bonchev–Trinajstić information content (AvgIpc) is 2.40. The fraction of sp³-hybridized carbons (Fsp3) is 0.500. The summed E-state index contributed by atoms with van der Waals surface area (Å²) in [5.41, 5.74) is 6.23. The molecule has 5 nitrogen and oxygen atoms in total. The Hall–Kier alpha value is -1.46. The van der Waals surface area contributed by atoms with Crippen LogP contribution in [0.25, 0.3) is 0 Å². The van der Waals surface area contributed by atoms with E-state index in [0.29, 0.717) is 12.1 Å². The fourth-order valence-corrected chi connectivity index (χ4v) is 2.03. The van der Waals surface area contributed by atoms with Crippen LogP contribution in [0.1, 0.15) is 10.4 Å². The number of pyridine rings is 1. The molecule has 1 fully saturated rings. The van der Waals surface area contributed by atoms with Crippen molar-refractivity contribution < 1.29 is 4.79 Å². The molecule has 0 spiro atoms. The minimum absolute atomic E-state index is 0.0970. The van der Waals surface area contributed by atoms with Gasteiger partial charge in [0, 0.05) is 57.2 Å². The quantitative estimate of drug-likeness (QED) is 0.786. The lowest BCUT2D eigenvalue weighted by atomic mass is 10.2. The van der Waals surface area contributed by atoms with Crippen molar-refractivity contribution in [1.82, 2.24) is 14.8 Å². The molecule has 0 aliphatic carbocycles. The summed E-state index contributed by atoms with van der Waals surface area (Å²) in [5.74, 6) is 0.0970. The summed E-state index contributed by atoms with van der Waals surface area (Å²) in [7, 11) is 0. The first-order valence-electron chi connectivity index (χ1n) is 5.93. The molecule has 0 saturated carbocycles. The molecule has 2 heterocycles. The molecule has 0 aromatic carbocycles. The first-order chi connectivity index (χ1) is 8.31. The maximum atomic E-state index is 12.1. The molecule has 0 radical (unpaired) electrons. The minimum Gasteiger partial charge on any atom is -0.336 e. The molecule has 0 bridgehead atoms. The maximum Gasteiger partial charge on any atom is 0.254 e. The standard InChI is InChI=1S/C12H18N4O/c13-3-6-15-7-9-16(10-8-15)12(17)11-1-4-14-5-2-11/h1-2,4-5H,3,6-10,13H2. The highest BCUT2D eigenvalue weighted by Gasteiger charge is 2.21. The van der Waals surface area contributed by atoms with Crippen LogP contribution >= 0.6 is 0 Å². The predicted molar refractivity (Wildman–Crippen MR) is 65.6 cm³/mol. The van der Waals surface area contributed by atoms with Crippen molar-refractivity contribution in [3.8, 4) is 0 Å². The second-order valence-electron chi connectivity index (χ2n) is 4.16. The molecular weight excluding hydrogens is 216 g/mol. The molecule has 17 heavy (non-hydrogen) atoms. The van der Waals surface area contributed by atoms with Gasteiger partial charge in [0.1, 0.15) is 0 Å². The van der Waals surface area contributed by atoms with Crippen LogP contribution in [0.4, 0.5) is 0 Å². The summed E-state index contributed by atoms with van der Waals surface area (Å²) in [6, 6.07) is 3.52. The highest BCUT2D eigenvalue weighted by Crippen LogP contribution is 2.07. The number of amides is 1. The summed E-state index contributed by atoms with van der Waals surface area (Å²) in [6.07, 6.45) is 3.30. The molecule has 0 atom stereocenters. The SMILES string of the molecule is NCCN1CCN(C(=O)c2ccncc2)CC1. The number of nitrogens with two attached hydrogens (primary N) is 1. The summed E-state index contributed by atoms with van der Waals surface area (Å²) >= 11 is 0.